The van der Waals surface area contributed by atoms with Crippen LogP contribution in [0.4, 0.5) is 23.3 Å². The molecule has 32 heavy (non-hydrogen) atoms. The average Bonchev–Trinajstić information content (AvgIpc) is 2.74. The minimum atomic E-state index is 0.468. The van der Waals surface area contributed by atoms with Crippen molar-refractivity contribution in [3.05, 3.63) is 99.8 Å². The van der Waals surface area contributed by atoms with Crippen molar-refractivity contribution in [2.24, 2.45) is 0 Å². The van der Waals surface area contributed by atoms with Crippen LogP contribution >= 0.6 is 23.2 Å². The van der Waals surface area contributed by atoms with Gasteiger partial charge in [0.15, 0.2) is 0 Å². The van der Waals surface area contributed by atoms with E-state index in [2.05, 4.69) is 31.7 Å². The van der Waals surface area contributed by atoms with Crippen LogP contribution in [-0.4, -0.2) is 15.0 Å². The molecule has 0 fully saturated rings. The van der Waals surface area contributed by atoms with E-state index >= 15 is 0 Å². The van der Waals surface area contributed by atoms with Gasteiger partial charge in [-0.05, 0) is 73.4 Å². The van der Waals surface area contributed by atoms with Gasteiger partial charge in [0.05, 0.1) is 0 Å². The standard InChI is InChI=1S/C25H23Cl2N5/c1-17-6-2-11-21(14-17)28-24-30-23(13-4-8-18-7-3-9-19(26)15-18)31-25(32-24)29-22-12-5-10-20(27)16-22/h2-3,5-7,9-12,14-16H,4,8,13H2,1H3,(H2,28,29,30,31,32). The number of anilines is 4. The number of hydrogen-bond donors (Lipinski definition) is 2. The van der Waals surface area contributed by atoms with E-state index in [0.717, 1.165) is 34.8 Å². The van der Waals surface area contributed by atoms with E-state index in [1.54, 1.807) is 0 Å². The predicted molar refractivity (Wildman–Crippen MR) is 133 cm³/mol. The van der Waals surface area contributed by atoms with Crippen LogP contribution in [0.15, 0.2) is 72.8 Å². The third kappa shape index (κ3) is 6.42. The Kier molecular flexibility index (Phi) is 7.20. The zero-order chi connectivity index (χ0) is 22.3. The Bertz CT molecular complexity index is 1150. The fourth-order valence-corrected chi connectivity index (χ4v) is 3.74. The molecule has 1 aromatic heterocycles. The van der Waals surface area contributed by atoms with Gasteiger partial charge in [0, 0.05) is 27.8 Å². The highest BCUT2D eigenvalue weighted by Gasteiger charge is 2.09. The number of aromatic nitrogens is 3. The first kappa shape index (κ1) is 22.1. The summed E-state index contributed by atoms with van der Waals surface area (Å²) >= 11 is 12.2. The lowest BCUT2D eigenvalue weighted by atomic mass is 10.1. The quantitative estimate of drug-likeness (QED) is 0.290. The molecule has 0 saturated carbocycles. The van der Waals surface area contributed by atoms with Gasteiger partial charge >= 0.3 is 0 Å². The SMILES string of the molecule is Cc1cccc(Nc2nc(CCCc3cccc(Cl)c3)nc(Nc3cccc(Cl)c3)n2)c1. The van der Waals surface area contributed by atoms with Crippen molar-refractivity contribution < 1.29 is 0 Å². The van der Waals surface area contributed by atoms with Crippen LogP contribution in [0.3, 0.4) is 0 Å². The first-order valence-corrected chi connectivity index (χ1v) is 11.1. The number of aryl methyl sites for hydroxylation is 3. The molecule has 0 spiro atoms. The Hall–Kier alpha value is -3.15. The van der Waals surface area contributed by atoms with Crippen LogP contribution in [0.25, 0.3) is 0 Å². The molecular weight excluding hydrogens is 441 g/mol. The summed E-state index contributed by atoms with van der Waals surface area (Å²) in [5.41, 5.74) is 4.09. The predicted octanol–water partition coefficient (Wildman–Crippen LogP) is 7.15. The van der Waals surface area contributed by atoms with Gasteiger partial charge < -0.3 is 10.6 Å². The van der Waals surface area contributed by atoms with Gasteiger partial charge in [0.1, 0.15) is 5.82 Å². The highest BCUT2D eigenvalue weighted by molar-refractivity contribution is 6.31. The minimum absolute atomic E-state index is 0.468. The normalized spacial score (nSPS) is 10.7. The summed E-state index contributed by atoms with van der Waals surface area (Å²) in [4.78, 5) is 13.8. The van der Waals surface area contributed by atoms with Crippen molar-refractivity contribution in [3.8, 4) is 0 Å². The molecular formula is C25H23Cl2N5. The monoisotopic (exact) mass is 463 g/mol. The van der Waals surface area contributed by atoms with Crippen LogP contribution in [0.2, 0.25) is 10.0 Å². The van der Waals surface area contributed by atoms with Crippen molar-refractivity contribution in [2.75, 3.05) is 10.6 Å². The van der Waals surface area contributed by atoms with E-state index in [4.69, 9.17) is 23.2 Å². The number of nitrogens with zero attached hydrogens (tertiary/aromatic N) is 3. The maximum atomic E-state index is 6.12. The van der Waals surface area contributed by atoms with Crippen LogP contribution in [0, 0.1) is 6.92 Å². The zero-order valence-electron chi connectivity index (χ0n) is 17.6. The van der Waals surface area contributed by atoms with E-state index in [1.165, 1.54) is 5.56 Å². The summed E-state index contributed by atoms with van der Waals surface area (Å²) in [5.74, 6) is 1.67. The molecule has 0 saturated heterocycles. The third-order valence-electron chi connectivity index (χ3n) is 4.79. The first-order valence-electron chi connectivity index (χ1n) is 10.4. The summed E-state index contributed by atoms with van der Waals surface area (Å²) in [6, 6.07) is 23.5. The molecule has 7 heteroatoms. The second-order valence-corrected chi connectivity index (χ2v) is 8.39. The van der Waals surface area contributed by atoms with Crippen LogP contribution in [0.1, 0.15) is 23.4 Å². The zero-order valence-corrected chi connectivity index (χ0v) is 19.2. The maximum Gasteiger partial charge on any atom is 0.232 e. The van der Waals surface area contributed by atoms with Crippen LogP contribution in [0.5, 0.6) is 0 Å². The third-order valence-corrected chi connectivity index (χ3v) is 5.26. The van der Waals surface area contributed by atoms with Crippen molar-refractivity contribution >= 4 is 46.5 Å². The average molecular weight is 464 g/mol. The molecule has 4 aromatic rings. The highest BCUT2D eigenvalue weighted by atomic mass is 35.5. The molecule has 4 rings (SSSR count). The highest BCUT2D eigenvalue weighted by Crippen LogP contribution is 2.21. The van der Waals surface area contributed by atoms with Gasteiger partial charge in [0.25, 0.3) is 0 Å². The Labute approximate surface area is 197 Å². The Morgan fingerprint density at radius 1 is 0.688 bits per heavy atom. The molecule has 0 aliphatic carbocycles. The van der Waals surface area contributed by atoms with E-state index in [1.807, 2.05) is 73.7 Å². The maximum absolute atomic E-state index is 6.12. The molecule has 3 aromatic carbocycles. The van der Waals surface area contributed by atoms with E-state index in [0.29, 0.717) is 29.2 Å². The van der Waals surface area contributed by atoms with Gasteiger partial charge in [-0.15, -0.1) is 0 Å². The number of benzene rings is 3. The Morgan fingerprint density at radius 3 is 1.97 bits per heavy atom. The molecule has 0 aliphatic heterocycles. The molecule has 2 N–H and O–H groups in total. The molecule has 0 bridgehead atoms. The molecule has 0 unspecified atom stereocenters. The lowest BCUT2D eigenvalue weighted by Gasteiger charge is -2.11. The first-order chi connectivity index (χ1) is 15.5. The van der Waals surface area contributed by atoms with Crippen molar-refractivity contribution in [3.63, 3.8) is 0 Å². The van der Waals surface area contributed by atoms with Gasteiger partial charge in [-0.25, -0.2) is 0 Å². The molecule has 162 valence electrons. The van der Waals surface area contributed by atoms with Gasteiger partial charge in [0.2, 0.25) is 11.9 Å². The lowest BCUT2D eigenvalue weighted by molar-refractivity contribution is 0.766. The summed E-state index contributed by atoms with van der Waals surface area (Å²) in [6.45, 7) is 2.05. The fraction of sp³-hybridized carbons (Fsp3) is 0.160. The molecule has 1 heterocycles. The largest absolute Gasteiger partial charge is 0.324 e. The summed E-state index contributed by atoms with van der Waals surface area (Å²) in [6.07, 6.45) is 2.50. The van der Waals surface area contributed by atoms with Crippen LogP contribution < -0.4 is 10.6 Å². The minimum Gasteiger partial charge on any atom is -0.324 e. The lowest BCUT2D eigenvalue weighted by Crippen LogP contribution is -2.08. The van der Waals surface area contributed by atoms with Gasteiger partial charge in [-0.3, -0.25) is 0 Å². The fourth-order valence-electron chi connectivity index (χ4n) is 3.33. The number of nitrogens with one attached hydrogen (secondary N) is 2. The van der Waals surface area contributed by atoms with E-state index in [9.17, 15) is 0 Å². The number of halogens is 2. The Balaban J connectivity index is 1.54. The van der Waals surface area contributed by atoms with Crippen molar-refractivity contribution in [1.82, 2.24) is 15.0 Å². The number of hydrogen-bond acceptors (Lipinski definition) is 5. The second-order valence-electron chi connectivity index (χ2n) is 7.51. The molecule has 0 amide bonds. The topological polar surface area (TPSA) is 62.7 Å². The van der Waals surface area contributed by atoms with Gasteiger partial charge in [-0.2, -0.15) is 15.0 Å². The van der Waals surface area contributed by atoms with Crippen molar-refractivity contribution in [2.45, 2.75) is 26.2 Å². The summed E-state index contributed by atoms with van der Waals surface area (Å²) < 4.78 is 0. The smallest absolute Gasteiger partial charge is 0.232 e. The molecule has 0 aliphatic rings. The summed E-state index contributed by atoms with van der Waals surface area (Å²) in [5, 5.41) is 7.92. The Morgan fingerprint density at radius 2 is 1.31 bits per heavy atom. The van der Waals surface area contributed by atoms with Gasteiger partial charge in [-0.1, -0.05) is 53.5 Å². The second kappa shape index (κ2) is 10.4. The van der Waals surface area contributed by atoms with E-state index in [-0.39, 0.29) is 0 Å². The molecule has 5 nitrogen and oxygen atoms in total. The molecule has 0 radical (unpaired) electrons. The van der Waals surface area contributed by atoms with Crippen LogP contribution in [-0.2, 0) is 12.8 Å². The number of rotatable bonds is 8. The van der Waals surface area contributed by atoms with E-state index < -0.39 is 0 Å². The molecule has 0 atom stereocenters. The summed E-state index contributed by atoms with van der Waals surface area (Å²) in [7, 11) is 0. The van der Waals surface area contributed by atoms with Crippen molar-refractivity contribution in [1.29, 1.82) is 0 Å².